The van der Waals surface area contributed by atoms with E-state index in [1.165, 1.54) is 6.26 Å². The topological polar surface area (TPSA) is 129 Å². The number of amides is 2. The van der Waals surface area contributed by atoms with E-state index in [9.17, 15) is 13.8 Å². The van der Waals surface area contributed by atoms with Gasteiger partial charge in [0.15, 0.2) is 11.6 Å². The molecule has 168 valence electrons. The molecular formula is C20H27N5O5S. The molecule has 1 unspecified atom stereocenters. The maximum atomic E-state index is 13.1. The number of oxazole rings is 1. The summed E-state index contributed by atoms with van der Waals surface area (Å²) in [4.78, 5) is 32.7. The van der Waals surface area contributed by atoms with Crippen LogP contribution >= 0.6 is 0 Å². The first kappa shape index (κ1) is 21.7. The molecular weight excluding hydrogens is 422 g/mol. The molecule has 2 amide bonds. The van der Waals surface area contributed by atoms with Crippen LogP contribution in [0.3, 0.4) is 0 Å². The Morgan fingerprint density at radius 3 is 2.87 bits per heavy atom. The molecule has 0 aliphatic carbocycles. The normalized spacial score (nSPS) is 28.4. The van der Waals surface area contributed by atoms with Crippen molar-refractivity contribution < 1.29 is 23.0 Å². The fraction of sp³-hybridized carbons (Fsp3) is 0.600. The number of hydrogen-bond acceptors (Lipinski definition) is 7. The number of carbonyl (C=O) groups is 2. The molecule has 0 bridgehead atoms. The average Bonchev–Trinajstić information content (AvgIpc) is 3.43. The number of nitrogens with zero attached hydrogens (tertiary/aromatic N) is 4. The van der Waals surface area contributed by atoms with Crippen molar-refractivity contribution in [2.24, 2.45) is 4.36 Å². The lowest BCUT2D eigenvalue weighted by atomic mass is 9.85. The zero-order valence-corrected chi connectivity index (χ0v) is 18.3. The number of imidazole rings is 1. The van der Waals surface area contributed by atoms with E-state index in [1.807, 2.05) is 6.92 Å². The molecule has 2 fully saturated rings. The van der Waals surface area contributed by atoms with Crippen molar-refractivity contribution in [3.8, 4) is 0 Å². The SMILES string of the molecule is CCc1nc(C(=O)N=S2(=O)CCC3(CC2)CC(NC(=O)Cn2ccnc2)CCO3)co1. The molecule has 4 heterocycles. The summed E-state index contributed by atoms with van der Waals surface area (Å²) in [5, 5.41) is 3.08. The highest BCUT2D eigenvalue weighted by Gasteiger charge is 2.42. The zero-order valence-electron chi connectivity index (χ0n) is 17.5. The Bertz CT molecular complexity index is 1040. The second-order valence-electron chi connectivity index (χ2n) is 8.08. The van der Waals surface area contributed by atoms with E-state index in [1.54, 1.807) is 23.3 Å². The van der Waals surface area contributed by atoms with Crippen LogP contribution in [0, 0.1) is 0 Å². The molecule has 0 aromatic carbocycles. The van der Waals surface area contributed by atoms with Gasteiger partial charge < -0.3 is 19.0 Å². The molecule has 2 aromatic rings. The number of aryl methyl sites for hydroxylation is 1. The maximum Gasteiger partial charge on any atom is 0.307 e. The fourth-order valence-corrected chi connectivity index (χ4v) is 6.26. The van der Waals surface area contributed by atoms with Crippen LogP contribution in [0.15, 0.2) is 33.8 Å². The molecule has 2 saturated heterocycles. The molecule has 0 saturated carbocycles. The van der Waals surface area contributed by atoms with Gasteiger partial charge in [-0.1, -0.05) is 6.92 Å². The summed E-state index contributed by atoms with van der Waals surface area (Å²) >= 11 is 0. The van der Waals surface area contributed by atoms with Crippen molar-refractivity contribution in [3.63, 3.8) is 0 Å². The lowest BCUT2D eigenvalue weighted by Gasteiger charge is -2.44. The third-order valence-corrected chi connectivity index (χ3v) is 8.00. The van der Waals surface area contributed by atoms with Gasteiger partial charge in [0.2, 0.25) is 5.91 Å². The van der Waals surface area contributed by atoms with Gasteiger partial charge in [-0.05, 0) is 25.7 Å². The van der Waals surface area contributed by atoms with Crippen LogP contribution in [0.5, 0.6) is 0 Å². The first-order valence-corrected chi connectivity index (χ1v) is 12.3. The van der Waals surface area contributed by atoms with Gasteiger partial charge in [0, 0.05) is 43.0 Å². The standard InChI is InChI=1S/C20H27N5O5S/c1-2-18-23-16(13-29-18)19(27)24-31(28)9-4-20(5-10-31)11-15(3-8-30-20)22-17(26)12-25-7-6-21-14-25/h6-7,13-15H,2-5,8-12H2,1H3,(H,22,26). The van der Waals surface area contributed by atoms with Crippen molar-refractivity contribution >= 4 is 21.5 Å². The maximum absolute atomic E-state index is 13.1. The van der Waals surface area contributed by atoms with Crippen LogP contribution in [0.25, 0.3) is 0 Å². The summed E-state index contributed by atoms with van der Waals surface area (Å²) in [7, 11) is -2.67. The highest BCUT2D eigenvalue weighted by molar-refractivity contribution is 7.93. The van der Waals surface area contributed by atoms with E-state index < -0.39 is 21.2 Å². The van der Waals surface area contributed by atoms with E-state index in [2.05, 4.69) is 19.6 Å². The molecule has 2 aromatic heterocycles. The van der Waals surface area contributed by atoms with E-state index >= 15 is 0 Å². The molecule has 11 heteroatoms. The summed E-state index contributed by atoms with van der Waals surface area (Å²) < 4.78 is 30.1. The lowest BCUT2D eigenvalue weighted by molar-refractivity contribution is -0.126. The van der Waals surface area contributed by atoms with Gasteiger partial charge in [0.25, 0.3) is 0 Å². The van der Waals surface area contributed by atoms with Crippen LogP contribution in [-0.2, 0) is 32.2 Å². The smallest absolute Gasteiger partial charge is 0.307 e. The monoisotopic (exact) mass is 449 g/mol. The van der Waals surface area contributed by atoms with E-state index in [-0.39, 0.29) is 35.7 Å². The molecule has 1 N–H and O–H groups in total. The summed E-state index contributed by atoms with van der Waals surface area (Å²) in [5.74, 6) is 0.352. The number of nitrogens with one attached hydrogen (secondary N) is 1. The van der Waals surface area contributed by atoms with Crippen LogP contribution < -0.4 is 5.32 Å². The van der Waals surface area contributed by atoms with Crippen molar-refractivity contribution in [3.05, 3.63) is 36.6 Å². The number of carbonyl (C=O) groups excluding carboxylic acids is 2. The van der Waals surface area contributed by atoms with Crippen LogP contribution in [0.2, 0.25) is 0 Å². The summed E-state index contributed by atoms with van der Waals surface area (Å²) in [6, 6.07) is 0.0000828. The Labute approximate surface area is 181 Å². The Hall–Kier alpha value is -2.53. The minimum Gasteiger partial charge on any atom is -0.448 e. The Morgan fingerprint density at radius 1 is 1.39 bits per heavy atom. The van der Waals surface area contributed by atoms with Gasteiger partial charge in [-0.25, -0.2) is 14.2 Å². The Kier molecular flexibility index (Phi) is 6.24. The third-order valence-electron chi connectivity index (χ3n) is 5.82. The van der Waals surface area contributed by atoms with Crippen LogP contribution in [0.4, 0.5) is 0 Å². The van der Waals surface area contributed by atoms with Gasteiger partial charge in [-0.3, -0.25) is 9.59 Å². The number of aromatic nitrogens is 3. The van der Waals surface area contributed by atoms with Crippen molar-refractivity contribution in [1.29, 1.82) is 0 Å². The van der Waals surface area contributed by atoms with Gasteiger partial charge in [0.1, 0.15) is 12.8 Å². The van der Waals surface area contributed by atoms with E-state index in [4.69, 9.17) is 9.15 Å². The van der Waals surface area contributed by atoms with Gasteiger partial charge in [-0.2, -0.15) is 4.36 Å². The molecule has 2 aliphatic rings. The van der Waals surface area contributed by atoms with Crippen molar-refractivity contribution in [2.45, 2.75) is 57.2 Å². The van der Waals surface area contributed by atoms with Gasteiger partial charge >= 0.3 is 5.91 Å². The lowest BCUT2D eigenvalue weighted by Crippen LogP contribution is -2.52. The minimum absolute atomic E-state index is 0.0000828. The predicted octanol–water partition coefficient (Wildman–Crippen LogP) is 1.57. The minimum atomic E-state index is -2.67. The zero-order chi connectivity index (χ0) is 21.9. The molecule has 1 atom stereocenters. The largest absolute Gasteiger partial charge is 0.448 e. The van der Waals surface area contributed by atoms with E-state index in [0.29, 0.717) is 38.2 Å². The van der Waals surface area contributed by atoms with Gasteiger partial charge in [-0.15, -0.1) is 0 Å². The summed E-state index contributed by atoms with van der Waals surface area (Å²) in [6.07, 6.45) is 9.30. The molecule has 31 heavy (non-hydrogen) atoms. The quantitative estimate of drug-likeness (QED) is 0.733. The van der Waals surface area contributed by atoms with Crippen molar-refractivity contribution in [1.82, 2.24) is 19.9 Å². The number of ether oxygens (including phenoxy) is 1. The summed E-state index contributed by atoms with van der Waals surface area (Å²) in [5.41, 5.74) is -0.344. The third kappa shape index (κ3) is 5.21. The second-order valence-corrected chi connectivity index (χ2v) is 10.6. The summed E-state index contributed by atoms with van der Waals surface area (Å²) in [6.45, 7) is 2.63. The number of hydrogen-bond donors (Lipinski definition) is 1. The fourth-order valence-electron chi connectivity index (χ4n) is 4.10. The van der Waals surface area contributed by atoms with Crippen LogP contribution in [0.1, 0.15) is 49.0 Å². The first-order chi connectivity index (χ1) is 14.9. The van der Waals surface area contributed by atoms with E-state index in [0.717, 1.165) is 6.42 Å². The molecule has 10 nitrogen and oxygen atoms in total. The molecule has 1 spiro atoms. The molecule has 4 rings (SSSR count). The highest BCUT2D eigenvalue weighted by Crippen LogP contribution is 2.36. The average molecular weight is 450 g/mol. The Balaban J connectivity index is 1.35. The Morgan fingerprint density at radius 2 is 2.19 bits per heavy atom. The first-order valence-electron chi connectivity index (χ1n) is 10.5. The van der Waals surface area contributed by atoms with Crippen molar-refractivity contribution in [2.75, 3.05) is 18.1 Å². The predicted molar refractivity (Wildman–Crippen MR) is 112 cm³/mol. The highest BCUT2D eigenvalue weighted by atomic mass is 32.2. The van der Waals surface area contributed by atoms with Crippen LogP contribution in [-0.4, -0.2) is 60.3 Å². The molecule has 2 aliphatic heterocycles. The molecule has 0 radical (unpaired) electrons. The second kappa shape index (κ2) is 8.91. The van der Waals surface area contributed by atoms with Gasteiger partial charge in [0.05, 0.1) is 21.7 Å². The number of rotatable bonds is 5.